The first-order valence-electron chi connectivity index (χ1n) is 5.09. The molecule has 1 heterocycles. The van der Waals surface area contributed by atoms with Gasteiger partial charge < -0.3 is 5.11 Å². The highest BCUT2D eigenvalue weighted by Crippen LogP contribution is 2.20. The molecule has 1 aromatic carbocycles. The molecule has 0 radical (unpaired) electrons. The van der Waals surface area contributed by atoms with Crippen LogP contribution in [0.2, 0.25) is 0 Å². The molecular formula is C13H10FNO2. The highest BCUT2D eigenvalue weighted by Gasteiger charge is 2.09. The quantitative estimate of drug-likeness (QED) is 0.883. The number of carboxylic acid groups (broad SMARTS) is 1. The summed E-state index contributed by atoms with van der Waals surface area (Å²) < 4.78 is 13.6. The summed E-state index contributed by atoms with van der Waals surface area (Å²) in [5, 5.41) is 8.66. The van der Waals surface area contributed by atoms with Crippen molar-refractivity contribution in [3.8, 4) is 11.3 Å². The zero-order valence-electron chi connectivity index (χ0n) is 8.93. The number of nitrogens with zero attached hydrogens (tertiary/aromatic N) is 1. The van der Waals surface area contributed by atoms with Gasteiger partial charge in [0, 0.05) is 5.56 Å². The molecule has 0 aliphatic heterocycles. The lowest BCUT2D eigenvalue weighted by atomic mass is 10.1. The number of hydrogen-bond acceptors (Lipinski definition) is 2. The Morgan fingerprint density at radius 2 is 1.88 bits per heavy atom. The van der Waals surface area contributed by atoms with Gasteiger partial charge in [0.05, 0.1) is 12.1 Å². The smallest absolute Gasteiger partial charge is 0.309 e. The summed E-state index contributed by atoms with van der Waals surface area (Å²) in [6.07, 6.45) is -0.208. The standard InChI is InChI=1S/C13H10FNO2/c14-11-7-6-10(8-12(16)17)15-13(11)9-4-2-1-3-5-9/h1-7H,8H2,(H,16,17). The number of aromatic nitrogens is 1. The Kier molecular flexibility index (Phi) is 3.14. The molecule has 4 heteroatoms. The highest BCUT2D eigenvalue weighted by molar-refractivity contribution is 5.70. The third-order valence-corrected chi connectivity index (χ3v) is 2.28. The van der Waals surface area contributed by atoms with E-state index in [-0.39, 0.29) is 12.1 Å². The van der Waals surface area contributed by atoms with Crippen molar-refractivity contribution in [2.45, 2.75) is 6.42 Å². The number of pyridine rings is 1. The topological polar surface area (TPSA) is 50.2 Å². The number of rotatable bonds is 3. The number of aliphatic carboxylic acids is 1. The van der Waals surface area contributed by atoms with Crippen LogP contribution in [0, 0.1) is 5.82 Å². The Hall–Kier alpha value is -2.23. The van der Waals surface area contributed by atoms with Crippen LogP contribution in [-0.2, 0) is 11.2 Å². The second kappa shape index (κ2) is 4.74. The summed E-state index contributed by atoms with van der Waals surface area (Å²) in [4.78, 5) is 14.6. The van der Waals surface area contributed by atoms with Crippen molar-refractivity contribution in [2.24, 2.45) is 0 Å². The maximum absolute atomic E-state index is 13.6. The summed E-state index contributed by atoms with van der Waals surface area (Å²) in [5.41, 5.74) is 1.17. The Bertz CT molecular complexity index is 540. The Morgan fingerprint density at radius 1 is 1.18 bits per heavy atom. The SMILES string of the molecule is O=C(O)Cc1ccc(F)c(-c2ccccc2)n1. The molecule has 0 bridgehead atoms. The zero-order valence-corrected chi connectivity index (χ0v) is 8.93. The van der Waals surface area contributed by atoms with Crippen LogP contribution in [0.25, 0.3) is 11.3 Å². The summed E-state index contributed by atoms with van der Waals surface area (Å²) >= 11 is 0. The number of carboxylic acids is 1. The van der Waals surface area contributed by atoms with Gasteiger partial charge >= 0.3 is 5.97 Å². The molecule has 0 unspecified atom stereocenters. The van der Waals surface area contributed by atoms with E-state index in [2.05, 4.69) is 4.98 Å². The molecule has 86 valence electrons. The van der Waals surface area contributed by atoms with Crippen LogP contribution in [-0.4, -0.2) is 16.1 Å². The number of carbonyl (C=O) groups is 1. The summed E-state index contributed by atoms with van der Waals surface area (Å²) in [6.45, 7) is 0. The van der Waals surface area contributed by atoms with E-state index in [4.69, 9.17) is 5.11 Å². The van der Waals surface area contributed by atoms with Crippen molar-refractivity contribution in [2.75, 3.05) is 0 Å². The summed E-state index contributed by atoms with van der Waals surface area (Å²) in [7, 11) is 0. The molecule has 3 nitrogen and oxygen atoms in total. The van der Waals surface area contributed by atoms with Crippen molar-refractivity contribution >= 4 is 5.97 Å². The Balaban J connectivity index is 2.43. The first-order valence-corrected chi connectivity index (χ1v) is 5.09. The molecule has 1 N–H and O–H groups in total. The molecule has 0 spiro atoms. The van der Waals surface area contributed by atoms with Gasteiger partial charge in [0.15, 0.2) is 0 Å². The van der Waals surface area contributed by atoms with E-state index < -0.39 is 11.8 Å². The Morgan fingerprint density at radius 3 is 2.53 bits per heavy atom. The van der Waals surface area contributed by atoms with Gasteiger partial charge in [-0.05, 0) is 12.1 Å². The molecule has 2 rings (SSSR count). The minimum atomic E-state index is -0.983. The van der Waals surface area contributed by atoms with Crippen LogP contribution in [0.1, 0.15) is 5.69 Å². The molecule has 0 aliphatic rings. The molecule has 0 saturated heterocycles. The predicted molar refractivity (Wildman–Crippen MR) is 61.0 cm³/mol. The molecule has 0 fully saturated rings. The van der Waals surface area contributed by atoms with E-state index >= 15 is 0 Å². The van der Waals surface area contributed by atoms with Crippen molar-refractivity contribution in [3.63, 3.8) is 0 Å². The van der Waals surface area contributed by atoms with Crippen LogP contribution in [0.15, 0.2) is 42.5 Å². The summed E-state index contributed by atoms with van der Waals surface area (Å²) in [5.74, 6) is -1.44. The van der Waals surface area contributed by atoms with Crippen molar-refractivity contribution in [1.82, 2.24) is 4.98 Å². The maximum atomic E-state index is 13.6. The van der Waals surface area contributed by atoms with Crippen molar-refractivity contribution in [1.29, 1.82) is 0 Å². The second-order valence-corrected chi connectivity index (χ2v) is 3.57. The monoisotopic (exact) mass is 231 g/mol. The first kappa shape index (κ1) is 11.3. The molecule has 0 saturated carbocycles. The largest absolute Gasteiger partial charge is 0.481 e. The van der Waals surface area contributed by atoms with E-state index in [0.29, 0.717) is 11.3 Å². The Labute approximate surface area is 97.6 Å². The summed E-state index contributed by atoms with van der Waals surface area (Å²) in [6, 6.07) is 11.5. The van der Waals surface area contributed by atoms with Crippen LogP contribution in [0.5, 0.6) is 0 Å². The zero-order chi connectivity index (χ0) is 12.3. The van der Waals surface area contributed by atoms with E-state index in [1.165, 1.54) is 12.1 Å². The van der Waals surface area contributed by atoms with Crippen molar-refractivity contribution in [3.05, 3.63) is 54.0 Å². The lowest BCUT2D eigenvalue weighted by molar-refractivity contribution is -0.136. The van der Waals surface area contributed by atoms with Gasteiger partial charge in [-0.3, -0.25) is 4.79 Å². The number of hydrogen-bond donors (Lipinski definition) is 1. The lowest BCUT2D eigenvalue weighted by Gasteiger charge is -2.04. The molecule has 2 aromatic rings. The van der Waals surface area contributed by atoms with Gasteiger partial charge in [-0.25, -0.2) is 9.37 Å². The highest BCUT2D eigenvalue weighted by atomic mass is 19.1. The molecule has 0 amide bonds. The maximum Gasteiger partial charge on any atom is 0.309 e. The number of benzene rings is 1. The fourth-order valence-electron chi connectivity index (χ4n) is 1.53. The molecular weight excluding hydrogens is 221 g/mol. The minimum absolute atomic E-state index is 0.185. The third-order valence-electron chi connectivity index (χ3n) is 2.28. The fourth-order valence-corrected chi connectivity index (χ4v) is 1.53. The van der Waals surface area contributed by atoms with Crippen LogP contribution < -0.4 is 0 Å². The second-order valence-electron chi connectivity index (χ2n) is 3.57. The molecule has 17 heavy (non-hydrogen) atoms. The molecule has 1 aromatic heterocycles. The van der Waals surface area contributed by atoms with Gasteiger partial charge in [-0.2, -0.15) is 0 Å². The molecule has 0 atom stereocenters. The first-order chi connectivity index (χ1) is 8.16. The average molecular weight is 231 g/mol. The average Bonchev–Trinajstić information content (AvgIpc) is 2.32. The lowest BCUT2D eigenvalue weighted by Crippen LogP contribution is -2.03. The van der Waals surface area contributed by atoms with E-state index in [1.54, 1.807) is 24.3 Å². The van der Waals surface area contributed by atoms with Crippen molar-refractivity contribution < 1.29 is 14.3 Å². The van der Waals surface area contributed by atoms with Gasteiger partial charge in [-0.15, -0.1) is 0 Å². The van der Waals surface area contributed by atoms with Crippen LogP contribution >= 0.6 is 0 Å². The fraction of sp³-hybridized carbons (Fsp3) is 0.0769. The van der Waals surface area contributed by atoms with Gasteiger partial charge in [-0.1, -0.05) is 30.3 Å². The minimum Gasteiger partial charge on any atom is -0.481 e. The van der Waals surface area contributed by atoms with Gasteiger partial charge in [0.25, 0.3) is 0 Å². The number of halogens is 1. The normalized spacial score (nSPS) is 10.2. The third kappa shape index (κ3) is 2.66. The van der Waals surface area contributed by atoms with E-state index in [0.717, 1.165) is 0 Å². The van der Waals surface area contributed by atoms with E-state index in [1.807, 2.05) is 6.07 Å². The van der Waals surface area contributed by atoms with Crippen LogP contribution in [0.4, 0.5) is 4.39 Å². The van der Waals surface area contributed by atoms with Gasteiger partial charge in [0.1, 0.15) is 11.5 Å². The van der Waals surface area contributed by atoms with Gasteiger partial charge in [0.2, 0.25) is 0 Å². The molecule has 0 aliphatic carbocycles. The predicted octanol–water partition coefficient (Wildman–Crippen LogP) is 2.51. The van der Waals surface area contributed by atoms with Crippen LogP contribution in [0.3, 0.4) is 0 Å². The van der Waals surface area contributed by atoms with E-state index in [9.17, 15) is 9.18 Å².